The third kappa shape index (κ3) is 4.39. The van der Waals surface area contributed by atoms with Crippen LogP contribution >= 0.6 is 0 Å². The number of nitrogens with zero attached hydrogens (tertiary/aromatic N) is 2. The smallest absolute Gasteiger partial charge is 0.207 e. The predicted molar refractivity (Wildman–Crippen MR) is 131 cm³/mol. The van der Waals surface area contributed by atoms with Crippen LogP contribution in [0.1, 0.15) is 60.2 Å². The largest absolute Gasteiger partial charge is 0.448 e. The van der Waals surface area contributed by atoms with E-state index in [1.54, 1.807) is 12.5 Å². The van der Waals surface area contributed by atoms with Crippen molar-refractivity contribution in [2.24, 2.45) is 0 Å². The Labute approximate surface area is 199 Å². The molecule has 3 aromatic heterocycles. The van der Waals surface area contributed by atoms with Gasteiger partial charge >= 0.3 is 0 Å². The Balaban J connectivity index is 1.29. The van der Waals surface area contributed by atoms with E-state index in [0.29, 0.717) is 30.9 Å². The molecule has 3 N–H and O–H groups in total. The molecule has 176 valence electrons. The van der Waals surface area contributed by atoms with E-state index in [0.717, 1.165) is 49.2 Å². The zero-order chi connectivity index (χ0) is 22.7. The van der Waals surface area contributed by atoms with Gasteiger partial charge in [0.2, 0.25) is 5.89 Å². The summed E-state index contributed by atoms with van der Waals surface area (Å²) in [7, 11) is 0. The normalized spacial score (nSPS) is 19.2. The standard InChI is InChI=1S/C27H31N5O2/c1-2-25(29-7-1)24-12-19(3-4-22(24)18-5-9-33-10-6-18)20-13-23-21(16-32-27(23)31-15-20)14-28-17-26-30-8-11-34-26/h3-4,8,11-13,15-16,18,25,28-29H,1-2,5-7,9-10,14,17H2,(H,31,32). The lowest BCUT2D eigenvalue weighted by Gasteiger charge is -2.27. The second-order valence-electron chi connectivity index (χ2n) is 9.34. The van der Waals surface area contributed by atoms with Crippen molar-refractivity contribution in [1.82, 2.24) is 25.6 Å². The summed E-state index contributed by atoms with van der Waals surface area (Å²) < 4.78 is 11.0. The highest BCUT2D eigenvalue weighted by atomic mass is 16.5. The molecule has 0 spiro atoms. The molecule has 7 nitrogen and oxygen atoms in total. The number of fused-ring (bicyclic) bond motifs is 1. The van der Waals surface area contributed by atoms with Gasteiger partial charge < -0.3 is 24.8 Å². The maximum absolute atomic E-state index is 5.63. The predicted octanol–water partition coefficient (Wildman–Crippen LogP) is 4.83. The van der Waals surface area contributed by atoms with Gasteiger partial charge in [-0.2, -0.15) is 0 Å². The Morgan fingerprint density at radius 3 is 2.76 bits per heavy atom. The van der Waals surface area contributed by atoms with Crippen LogP contribution in [0.4, 0.5) is 0 Å². The quantitative estimate of drug-likeness (QED) is 0.369. The van der Waals surface area contributed by atoms with Crippen LogP contribution in [0.15, 0.2) is 53.5 Å². The van der Waals surface area contributed by atoms with Crippen molar-refractivity contribution in [2.75, 3.05) is 19.8 Å². The van der Waals surface area contributed by atoms with Gasteiger partial charge in [-0.1, -0.05) is 12.1 Å². The fourth-order valence-corrected chi connectivity index (χ4v) is 5.39. The van der Waals surface area contributed by atoms with Crippen LogP contribution in [0.5, 0.6) is 0 Å². The summed E-state index contributed by atoms with van der Waals surface area (Å²) >= 11 is 0. The molecule has 2 saturated heterocycles. The van der Waals surface area contributed by atoms with Crippen molar-refractivity contribution in [3.8, 4) is 11.1 Å². The number of benzene rings is 1. The van der Waals surface area contributed by atoms with Crippen LogP contribution in [0, 0.1) is 0 Å². The molecule has 2 fully saturated rings. The Morgan fingerprint density at radius 1 is 1.00 bits per heavy atom. The molecule has 4 aromatic rings. The van der Waals surface area contributed by atoms with Crippen LogP contribution in [-0.4, -0.2) is 34.7 Å². The Hall–Kier alpha value is -3.00. The maximum Gasteiger partial charge on any atom is 0.207 e. The Bertz CT molecular complexity index is 1240. The fourth-order valence-electron chi connectivity index (χ4n) is 5.39. The number of nitrogens with one attached hydrogen (secondary N) is 3. The third-order valence-corrected chi connectivity index (χ3v) is 7.21. The molecule has 0 bridgehead atoms. The lowest BCUT2D eigenvalue weighted by Crippen LogP contribution is -2.19. The van der Waals surface area contributed by atoms with Gasteiger partial charge in [-0.25, -0.2) is 9.97 Å². The van der Waals surface area contributed by atoms with Gasteiger partial charge in [0, 0.05) is 49.1 Å². The molecule has 0 saturated carbocycles. The molecule has 6 rings (SSSR count). The molecule has 2 aliphatic rings. The van der Waals surface area contributed by atoms with Crippen LogP contribution in [0.25, 0.3) is 22.2 Å². The van der Waals surface area contributed by atoms with E-state index < -0.39 is 0 Å². The lowest BCUT2D eigenvalue weighted by molar-refractivity contribution is 0.0851. The number of H-pyrrole nitrogens is 1. The molecule has 0 radical (unpaired) electrons. The molecule has 1 aromatic carbocycles. The van der Waals surface area contributed by atoms with E-state index in [9.17, 15) is 0 Å². The van der Waals surface area contributed by atoms with Crippen LogP contribution in [-0.2, 0) is 17.8 Å². The first-order valence-electron chi connectivity index (χ1n) is 12.4. The molecular weight excluding hydrogens is 426 g/mol. The summed E-state index contributed by atoms with van der Waals surface area (Å²) in [6.45, 7) is 4.14. The summed E-state index contributed by atoms with van der Waals surface area (Å²) in [5, 5.41) is 8.28. The van der Waals surface area contributed by atoms with Crippen molar-refractivity contribution >= 4 is 11.0 Å². The van der Waals surface area contributed by atoms with E-state index in [2.05, 4.69) is 44.9 Å². The molecule has 34 heavy (non-hydrogen) atoms. The lowest BCUT2D eigenvalue weighted by atomic mass is 9.84. The van der Waals surface area contributed by atoms with Gasteiger partial charge in [0.15, 0.2) is 0 Å². The van der Waals surface area contributed by atoms with Crippen LogP contribution < -0.4 is 10.6 Å². The van der Waals surface area contributed by atoms with Gasteiger partial charge in [0.25, 0.3) is 0 Å². The Kier molecular flexibility index (Phi) is 6.14. The number of aromatic amines is 1. The molecule has 7 heteroatoms. The monoisotopic (exact) mass is 457 g/mol. The minimum atomic E-state index is 0.441. The summed E-state index contributed by atoms with van der Waals surface area (Å²) in [6.07, 6.45) is 11.9. The first kappa shape index (κ1) is 21.5. The Morgan fingerprint density at radius 2 is 1.94 bits per heavy atom. The van der Waals surface area contributed by atoms with E-state index in [-0.39, 0.29) is 0 Å². The molecule has 0 aliphatic carbocycles. The highest BCUT2D eigenvalue weighted by Crippen LogP contribution is 2.37. The molecular formula is C27H31N5O2. The van der Waals surface area contributed by atoms with E-state index in [1.807, 2.05) is 12.4 Å². The topological polar surface area (TPSA) is 88.0 Å². The zero-order valence-electron chi connectivity index (χ0n) is 19.3. The van der Waals surface area contributed by atoms with Crippen molar-refractivity contribution < 1.29 is 9.15 Å². The number of hydrogen-bond donors (Lipinski definition) is 3. The van der Waals surface area contributed by atoms with Gasteiger partial charge in [0.05, 0.1) is 12.7 Å². The number of hydrogen-bond acceptors (Lipinski definition) is 6. The number of aromatic nitrogens is 3. The minimum Gasteiger partial charge on any atom is -0.448 e. The molecule has 0 amide bonds. The summed E-state index contributed by atoms with van der Waals surface area (Å²) in [6, 6.07) is 9.75. The first-order chi connectivity index (χ1) is 16.8. The summed E-state index contributed by atoms with van der Waals surface area (Å²) in [4.78, 5) is 12.2. The SMILES string of the molecule is c1coc(CNCc2c[nH]c3ncc(-c4ccc(C5CCOCC5)c(C5CCCN5)c4)cc23)n1. The molecule has 1 unspecified atom stereocenters. The average Bonchev–Trinajstić information content (AvgIpc) is 3.67. The maximum atomic E-state index is 5.63. The molecule has 2 aliphatic heterocycles. The highest BCUT2D eigenvalue weighted by Gasteiger charge is 2.25. The van der Waals surface area contributed by atoms with Crippen molar-refractivity contribution in [3.05, 3.63) is 71.7 Å². The van der Waals surface area contributed by atoms with Crippen molar-refractivity contribution in [1.29, 1.82) is 0 Å². The summed E-state index contributed by atoms with van der Waals surface area (Å²) in [5.41, 5.74) is 7.44. The van der Waals surface area contributed by atoms with Crippen molar-refractivity contribution in [3.63, 3.8) is 0 Å². The number of oxazole rings is 1. The zero-order valence-corrected chi connectivity index (χ0v) is 19.3. The van der Waals surface area contributed by atoms with E-state index in [4.69, 9.17) is 14.1 Å². The second-order valence-corrected chi connectivity index (χ2v) is 9.34. The summed E-state index contributed by atoms with van der Waals surface area (Å²) in [5.74, 6) is 1.28. The first-order valence-corrected chi connectivity index (χ1v) is 12.4. The molecule has 5 heterocycles. The van der Waals surface area contributed by atoms with Gasteiger partial charge in [-0.3, -0.25) is 0 Å². The van der Waals surface area contributed by atoms with Gasteiger partial charge in [0.1, 0.15) is 11.9 Å². The number of ether oxygens (including phenoxy) is 1. The third-order valence-electron chi connectivity index (χ3n) is 7.21. The molecule has 1 atom stereocenters. The van der Waals surface area contributed by atoms with Crippen LogP contribution in [0.3, 0.4) is 0 Å². The second kappa shape index (κ2) is 9.70. The van der Waals surface area contributed by atoms with Gasteiger partial charge in [-0.05, 0) is 72.5 Å². The number of pyridine rings is 1. The number of rotatable bonds is 7. The van der Waals surface area contributed by atoms with Crippen molar-refractivity contribution in [2.45, 2.75) is 50.7 Å². The fraction of sp³-hybridized carbons (Fsp3) is 0.407. The minimum absolute atomic E-state index is 0.441. The van der Waals surface area contributed by atoms with E-state index >= 15 is 0 Å². The highest BCUT2D eigenvalue weighted by molar-refractivity contribution is 5.84. The van der Waals surface area contributed by atoms with Crippen LogP contribution in [0.2, 0.25) is 0 Å². The average molecular weight is 458 g/mol. The van der Waals surface area contributed by atoms with Gasteiger partial charge in [-0.15, -0.1) is 0 Å². The van der Waals surface area contributed by atoms with E-state index in [1.165, 1.54) is 35.1 Å².